The molecule has 3 rings (SSSR count). The van der Waals surface area contributed by atoms with E-state index in [1.54, 1.807) is 30.6 Å². The number of hydrogen-bond acceptors (Lipinski definition) is 5. The first-order valence-electron chi connectivity index (χ1n) is 9.10. The fourth-order valence-electron chi connectivity index (χ4n) is 4.34. The Balaban J connectivity index is 1.74. The number of benzene rings is 1. The Hall–Kier alpha value is -1.92. The van der Waals surface area contributed by atoms with E-state index in [9.17, 15) is 4.79 Å². The Labute approximate surface area is 186 Å². The Morgan fingerprint density at radius 3 is 2.38 bits per heavy atom. The number of ether oxygens (including phenoxy) is 1. The van der Waals surface area contributed by atoms with Crippen molar-refractivity contribution >= 4 is 17.5 Å². The van der Waals surface area contributed by atoms with Crippen molar-refractivity contribution in [3.63, 3.8) is 0 Å². The van der Waals surface area contributed by atoms with Crippen LogP contribution in [-0.2, 0) is 0 Å². The SMILES string of the molecule is C[I-]c1ncc(C(=O)NC2C(C)(C)C(Oc3ccc(C#N)c(Cl)c3)C2(C)C)cn1. The van der Waals surface area contributed by atoms with Crippen LogP contribution < -0.4 is 31.3 Å². The van der Waals surface area contributed by atoms with Crippen LogP contribution in [0.2, 0.25) is 5.02 Å². The molecule has 0 bridgehead atoms. The predicted molar refractivity (Wildman–Crippen MR) is 106 cm³/mol. The van der Waals surface area contributed by atoms with Crippen LogP contribution in [-0.4, -0.2) is 33.0 Å². The molecule has 29 heavy (non-hydrogen) atoms. The summed E-state index contributed by atoms with van der Waals surface area (Å²) in [6, 6.07) is 7.01. The third-order valence-corrected chi connectivity index (χ3v) is 7.32. The van der Waals surface area contributed by atoms with Gasteiger partial charge in [-0.3, -0.25) is 0 Å². The number of halogens is 2. The zero-order valence-corrected chi connectivity index (χ0v) is 19.9. The summed E-state index contributed by atoms with van der Waals surface area (Å²) >= 11 is 5.94. The molecule has 1 saturated carbocycles. The summed E-state index contributed by atoms with van der Waals surface area (Å²) in [5.74, 6) is 0.425. The zero-order chi connectivity index (χ0) is 21.4. The van der Waals surface area contributed by atoms with Gasteiger partial charge in [-0.15, -0.1) is 0 Å². The normalized spacial score (nSPS) is 21.7. The number of rotatable bonds is 5. The number of alkyl halides is 1. The zero-order valence-electron chi connectivity index (χ0n) is 17.0. The maximum atomic E-state index is 12.7. The van der Waals surface area contributed by atoms with E-state index in [0.29, 0.717) is 21.9 Å². The number of carbonyl (C=O) groups excluding carboxylic acids is 1. The first-order valence-corrected chi connectivity index (χ1v) is 12.7. The van der Waals surface area contributed by atoms with E-state index in [0.717, 1.165) is 3.83 Å². The molecule has 6 nitrogen and oxygen atoms in total. The molecule has 1 amide bonds. The summed E-state index contributed by atoms with van der Waals surface area (Å²) in [6.45, 7) is 8.28. The molecule has 1 aromatic heterocycles. The Kier molecular flexibility index (Phi) is 6.06. The summed E-state index contributed by atoms with van der Waals surface area (Å²) in [4.78, 5) is 23.3. The van der Waals surface area contributed by atoms with Crippen molar-refractivity contribution in [1.29, 1.82) is 5.26 Å². The summed E-state index contributed by atoms with van der Waals surface area (Å²) in [5.41, 5.74) is 0.250. The monoisotopic (exact) mass is 525 g/mol. The number of carbonyl (C=O) groups is 1. The second-order valence-corrected chi connectivity index (χ2v) is 10.7. The van der Waals surface area contributed by atoms with Gasteiger partial charge in [0.1, 0.15) is 6.07 Å². The summed E-state index contributed by atoms with van der Waals surface area (Å²) in [7, 11) is 0. The third-order valence-electron chi connectivity index (χ3n) is 5.48. The number of aromatic nitrogens is 2. The summed E-state index contributed by atoms with van der Waals surface area (Å²) in [6.07, 6.45) is 3.03. The first kappa shape index (κ1) is 21.8. The molecular formula is C21H23ClIN4O2-. The van der Waals surface area contributed by atoms with E-state index in [1.807, 2.05) is 6.07 Å². The van der Waals surface area contributed by atoms with Crippen molar-refractivity contribution in [1.82, 2.24) is 15.3 Å². The van der Waals surface area contributed by atoms with E-state index in [1.165, 1.54) is 0 Å². The molecule has 154 valence electrons. The quantitative estimate of drug-likeness (QED) is 0.349. The molecule has 1 aliphatic rings. The molecule has 0 atom stereocenters. The molecular weight excluding hydrogens is 503 g/mol. The topological polar surface area (TPSA) is 87.9 Å². The molecule has 1 fully saturated rings. The molecule has 0 saturated heterocycles. The number of amides is 1. The van der Waals surface area contributed by atoms with Crippen LogP contribution in [0.25, 0.3) is 0 Å². The molecule has 0 aliphatic heterocycles. The van der Waals surface area contributed by atoms with Crippen molar-refractivity contribution in [2.45, 2.75) is 39.8 Å². The number of nitriles is 1. The maximum absolute atomic E-state index is 12.7. The average Bonchev–Trinajstić information content (AvgIpc) is 2.69. The molecule has 2 aromatic rings. The van der Waals surface area contributed by atoms with Gasteiger partial charge in [0.15, 0.2) is 0 Å². The molecule has 0 radical (unpaired) electrons. The second-order valence-electron chi connectivity index (χ2n) is 8.23. The van der Waals surface area contributed by atoms with Gasteiger partial charge in [-0.05, 0) is 6.07 Å². The van der Waals surface area contributed by atoms with Gasteiger partial charge in [-0.1, -0.05) is 11.6 Å². The summed E-state index contributed by atoms with van der Waals surface area (Å²) in [5, 5.41) is 12.5. The minimum atomic E-state index is -0.310. The van der Waals surface area contributed by atoms with Gasteiger partial charge < -0.3 is 0 Å². The fourth-order valence-corrected chi connectivity index (χ4v) is 5.39. The van der Waals surface area contributed by atoms with Gasteiger partial charge in [0.05, 0.1) is 10.6 Å². The van der Waals surface area contributed by atoms with Crippen LogP contribution in [0.4, 0.5) is 0 Å². The Morgan fingerprint density at radius 1 is 1.24 bits per heavy atom. The standard InChI is InChI=1S/C21H23ClIN4O2/c1-20(2)17(27-16(28)13-10-25-19(23-5)26-11-13)21(3,4)18(20)29-14-7-6-12(9-24)15(22)8-14/h6-8,10-11,17-18H,1-5H3,(H,27,28)/q-1. The molecule has 0 unspecified atom stereocenters. The minimum absolute atomic E-state index is 0.0976. The van der Waals surface area contributed by atoms with Crippen molar-refractivity contribution in [2.24, 2.45) is 10.8 Å². The molecule has 1 heterocycles. The first-order chi connectivity index (χ1) is 13.6. The van der Waals surface area contributed by atoms with Gasteiger partial charge in [0.25, 0.3) is 0 Å². The molecule has 8 heteroatoms. The van der Waals surface area contributed by atoms with Crippen molar-refractivity contribution in [2.75, 3.05) is 4.93 Å². The average molecular weight is 526 g/mol. The molecule has 1 N–H and O–H groups in total. The summed E-state index contributed by atoms with van der Waals surface area (Å²) < 4.78 is 7.06. The van der Waals surface area contributed by atoms with Crippen LogP contribution in [0, 0.1) is 26.0 Å². The number of nitrogens with one attached hydrogen (secondary N) is 1. The van der Waals surface area contributed by atoms with Gasteiger partial charge in [0.2, 0.25) is 0 Å². The third kappa shape index (κ3) is 4.05. The fraction of sp³-hybridized carbons (Fsp3) is 0.429. The van der Waals surface area contributed by atoms with Gasteiger partial charge >= 0.3 is 147 Å². The second kappa shape index (κ2) is 8.07. The van der Waals surface area contributed by atoms with E-state index in [4.69, 9.17) is 21.6 Å². The Bertz CT molecular complexity index is 954. The van der Waals surface area contributed by atoms with Gasteiger partial charge in [-0.2, -0.15) is 5.26 Å². The number of hydrogen-bond donors (Lipinski definition) is 1. The molecule has 0 spiro atoms. The van der Waals surface area contributed by atoms with Gasteiger partial charge in [-0.25, -0.2) is 0 Å². The molecule has 1 aliphatic carbocycles. The van der Waals surface area contributed by atoms with E-state index >= 15 is 0 Å². The van der Waals surface area contributed by atoms with Crippen molar-refractivity contribution in [3.8, 4) is 11.8 Å². The van der Waals surface area contributed by atoms with Crippen LogP contribution >= 0.6 is 11.6 Å². The Morgan fingerprint density at radius 2 is 1.86 bits per heavy atom. The van der Waals surface area contributed by atoms with E-state index < -0.39 is 0 Å². The van der Waals surface area contributed by atoms with E-state index in [2.05, 4.69) is 47.9 Å². The van der Waals surface area contributed by atoms with Crippen LogP contribution in [0.15, 0.2) is 30.6 Å². The molecule has 1 aromatic carbocycles. The van der Waals surface area contributed by atoms with Crippen LogP contribution in [0.5, 0.6) is 5.75 Å². The van der Waals surface area contributed by atoms with Gasteiger partial charge in [0, 0.05) is 0 Å². The van der Waals surface area contributed by atoms with Crippen LogP contribution in [0.3, 0.4) is 0 Å². The van der Waals surface area contributed by atoms with Crippen LogP contribution in [0.1, 0.15) is 43.6 Å². The predicted octanol–water partition coefficient (Wildman–Crippen LogP) is 0.502. The van der Waals surface area contributed by atoms with E-state index in [-0.39, 0.29) is 50.1 Å². The van der Waals surface area contributed by atoms with Crippen molar-refractivity contribution in [3.05, 3.63) is 50.6 Å². The number of nitrogens with zero attached hydrogens (tertiary/aromatic N) is 3. The van der Waals surface area contributed by atoms with Crippen molar-refractivity contribution < 1.29 is 30.7 Å².